The van der Waals surface area contributed by atoms with Crippen molar-refractivity contribution in [1.82, 2.24) is 0 Å². The second-order valence-electron chi connectivity index (χ2n) is 7.72. The van der Waals surface area contributed by atoms with Gasteiger partial charge in [0.25, 0.3) is 0 Å². The van der Waals surface area contributed by atoms with Crippen LogP contribution in [-0.2, 0) is 11.8 Å². The molecule has 5 rings (SSSR count). The monoisotopic (exact) mass is 360 g/mol. The SMILES string of the molecule is C=C/C=C\C=C1/CC2(c3cc(CC)ccc31)c1ccccc1-c1ccccc12. The van der Waals surface area contributed by atoms with Crippen molar-refractivity contribution in [2.75, 3.05) is 0 Å². The molecule has 0 saturated heterocycles. The van der Waals surface area contributed by atoms with Crippen molar-refractivity contribution in [2.45, 2.75) is 25.2 Å². The largest absolute Gasteiger partial charge is 0.0991 e. The normalized spacial score (nSPS) is 17.1. The summed E-state index contributed by atoms with van der Waals surface area (Å²) >= 11 is 0. The Morgan fingerprint density at radius 2 is 1.50 bits per heavy atom. The molecule has 3 aromatic carbocycles. The first kappa shape index (κ1) is 17.0. The minimum atomic E-state index is -0.0818. The number of aryl methyl sites for hydroxylation is 1. The maximum absolute atomic E-state index is 3.81. The van der Waals surface area contributed by atoms with Crippen LogP contribution in [0.15, 0.2) is 97.6 Å². The lowest BCUT2D eigenvalue weighted by molar-refractivity contribution is 0.680. The van der Waals surface area contributed by atoms with Gasteiger partial charge in [-0.1, -0.05) is 105 Å². The lowest BCUT2D eigenvalue weighted by Gasteiger charge is -2.28. The van der Waals surface area contributed by atoms with Crippen molar-refractivity contribution in [3.8, 4) is 11.1 Å². The molecule has 1 spiro atoms. The van der Waals surface area contributed by atoms with Gasteiger partial charge in [0.15, 0.2) is 0 Å². The lowest BCUT2D eigenvalue weighted by atomic mass is 9.73. The Hall–Kier alpha value is -3.12. The molecule has 0 fully saturated rings. The first-order chi connectivity index (χ1) is 13.8. The fourth-order valence-corrected chi connectivity index (χ4v) is 5.13. The van der Waals surface area contributed by atoms with Crippen LogP contribution in [0.2, 0.25) is 0 Å². The summed E-state index contributed by atoms with van der Waals surface area (Å²) < 4.78 is 0. The van der Waals surface area contributed by atoms with Gasteiger partial charge in [-0.3, -0.25) is 0 Å². The standard InChI is InChI=1S/C28H24/c1-3-5-6-11-21-19-28(27-18-20(4-2)16-17-22(21)27)25-14-9-7-12-23(25)24-13-8-10-15-26(24)28/h3,5-18H,1,4,19H2,2H3/b6-5-,21-11+. The zero-order valence-corrected chi connectivity index (χ0v) is 16.3. The van der Waals surface area contributed by atoms with E-state index in [1.165, 1.54) is 44.5 Å². The molecule has 0 nitrogen and oxygen atoms in total. The quantitative estimate of drug-likeness (QED) is 0.437. The van der Waals surface area contributed by atoms with Gasteiger partial charge in [0, 0.05) is 0 Å². The molecule has 0 atom stereocenters. The molecule has 3 aromatic rings. The lowest BCUT2D eigenvalue weighted by Crippen LogP contribution is -2.23. The van der Waals surface area contributed by atoms with Gasteiger partial charge in [-0.15, -0.1) is 0 Å². The topological polar surface area (TPSA) is 0 Å². The summed E-state index contributed by atoms with van der Waals surface area (Å²) in [5.41, 5.74) is 11.2. The molecule has 136 valence electrons. The van der Waals surface area contributed by atoms with Crippen molar-refractivity contribution in [3.05, 3.63) is 125 Å². The van der Waals surface area contributed by atoms with Gasteiger partial charge >= 0.3 is 0 Å². The molecule has 2 aliphatic rings. The van der Waals surface area contributed by atoms with Crippen LogP contribution in [0.5, 0.6) is 0 Å². The maximum Gasteiger partial charge on any atom is 0.0510 e. The van der Waals surface area contributed by atoms with Crippen LogP contribution in [0.25, 0.3) is 16.7 Å². The van der Waals surface area contributed by atoms with Crippen molar-refractivity contribution in [2.24, 2.45) is 0 Å². The number of hydrogen-bond donors (Lipinski definition) is 0. The zero-order chi connectivity index (χ0) is 19.1. The van der Waals surface area contributed by atoms with Crippen molar-refractivity contribution in [1.29, 1.82) is 0 Å². The van der Waals surface area contributed by atoms with Gasteiger partial charge < -0.3 is 0 Å². The van der Waals surface area contributed by atoms with Crippen LogP contribution >= 0.6 is 0 Å². The highest BCUT2D eigenvalue weighted by Gasteiger charge is 2.49. The smallest absolute Gasteiger partial charge is 0.0510 e. The number of hydrogen-bond acceptors (Lipinski definition) is 0. The fourth-order valence-electron chi connectivity index (χ4n) is 5.13. The molecule has 0 saturated carbocycles. The third kappa shape index (κ3) is 2.24. The second kappa shape index (κ2) is 6.49. The predicted octanol–water partition coefficient (Wildman–Crippen LogP) is 7.09. The van der Waals surface area contributed by atoms with Crippen molar-refractivity contribution < 1.29 is 0 Å². The van der Waals surface area contributed by atoms with Gasteiger partial charge in [-0.2, -0.15) is 0 Å². The maximum atomic E-state index is 3.81. The van der Waals surface area contributed by atoms with Gasteiger partial charge in [0.2, 0.25) is 0 Å². The summed E-state index contributed by atoms with van der Waals surface area (Å²) in [5, 5.41) is 0. The molecule has 0 aromatic heterocycles. The molecule has 0 amide bonds. The van der Waals surface area contributed by atoms with E-state index < -0.39 is 0 Å². The predicted molar refractivity (Wildman–Crippen MR) is 120 cm³/mol. The summed E-state index contributed by atoms with van der Waals surface area (Å²) in [6.45, 7) is 6.05. The summed E-state index contributed by atoms with van der Waals surface area (Å²) in [6, 6.07) is 25.0. The van der Waals surface area contributed by atoms with E-state index in [4.69, 9.17) is 0 Å². The van der Waals surface area contributed by atoms with Crippen LogP contribution in [0.3, 0.4) is 0 Å². The van der Waals surface area contributed by atoms with E-state index in [9.17, 15) is 0 Å². The van der Waals surface area contributed by atoms with E-state index in [0.29, 0.717) is 0 Å². The molecular weight excluding hydrogens is 336 g/mol. The van der Waals surface area contributed by atoms with E-state index in [1.54, 1.807) is 0 Å². The minimum absolute atomic E-state index is 0.0818. The second-order valence-corrected chi connectivity index (χ2v) is 7.72. The summed E-state index contributed by atoms with van der Waals surface area (Å²) in [7, 11) is 0. The average Bonchev–Trinajstić information content (AvgIpc) is 3.23. The van der Waals surface area contributed by atoms with Crippen LogP contribution in [0, 0.1) is 0 Å². The minimum Gasteiger partial charge on any atom is -0.0991 e. The van der Waals surface area contributed by atoms with Gasteiger partial charge in [0.1, 0.15) is 0 Å². The van der Waals surface area contributed by atoms with Crippen LogP contribution in [0.4, 0.5) is 0 Å². The fraction of sp³-hybridized carbons (Fsp3) is 0.143. The summed E-state index contributed by atoms with van der Waals surface area (Å²) in [5.74, 6) is 0. The molecule has 0 N–H and O–H groups in total. The van der Waals surface area contributed by atoms with E-state index in [-0.39, 0.29) is 5.41 Å². The van der Waals surface area contributed by atoms with Crippen LogP contribution < -0.4 is 0 Å². The average molecular weight is 361 g/mol. The van der Waals surface area contributed by atoms with E-state index in [2.05, 4.69) is 92.4 Å². The first-order valence-electron chi connectivity index (χ1n) is 10.1. The van der Waals surface area contributed by atoms with Crippen molar-refractivity contribution in [3.63, 3.8) is 0 Å². The first-order valence-corrected chi connectivity index (χ1v) is 10.1. The Morgan fingerprint density at radius 3 is 2.14 bits per heavy atom. The summed E-state index contributed by atoms with van der Waals surface area (Å²) in [4.78, 5) is 0. The van der Waals surface area contributed by atoms with E-state index >= 15 is 0 Å². The Kier molecular flexibility index (Phi) is 3.94. The van der Waals surface area contributed by atoms with Crippen molar-refractivity contribution >= 4 is 5.57 Å². The highest BCUT2D eigenvalue weighted by Crippen LogP contribution is 2.61. The molecule has 0 unspecified atom stereocenters. The highest BCUT2D eigenvalue weighted by molar-refractivity contribution is 5.90. The van der Waals surface area contributed by atoms with Gasteiger partial charge in [-0.05, 0) is 57.4 Å². The zero-order valence-electron chi connectivity index (χ0n) is 16.3. The third-order valence-corrected chi connectivity index (χ3v) is 6.36. The Labute approximate surface area is 167 Å². The number of fused-ring (bicyclic) bond motifs is 7. The van der Waals surface area contributed by atoms with Gasteiger partial charge in [-0.25, -0.2) is 0 Å². The van der Waals surface area contributed by atoms with Crippen LogP contribution in [0.1, 0.15) is 41.2 Å². The Bertz CT molecular complexity index is 1090. The van der Waals surface area contributed by atoms with Crippen LogP contribution in [-0.4, -0.2) is 0 Å². The van der Waals surface area contributed by atoms with Gasteiger partial charge in [0.05, 0.1) is 5.41 Å². The Balaban J connectivity index is 1.85. The third-order valence-electron chi connectivity index (χ3n) is 6.36. The molecule has 0 bridgehead atoms. The van der Waals surface area contributed by atoms with E-state index in [0.717, 1.165) is 12.8 Å². The molecule has 28 heavy (non-hydrogen) atoms. The highest BCUT2D eigenvalue weighted by atomic mass is 14.5. The number of benzene rings is 3. The number of allylic oxidation sites excluding steroid dienone is 5. The molecule has 2 aliphatic carbocycles. The molecule has 0 radical (unpaired) electrons. The van der Waals surface area contributed by atoms with E-state index in [1.807, 2.05) is 12.2 Å². The molecule has 0 heteroatoms. The molecular formula is C28H24. The summed E-state index contributed by atoms with van der Waals surface area (Å²) in [6.07, 6.45) is 10.3. The number of rotatable bonds is 3. The molecule has 0 heterocycles. The Morgan fingerprint density at radius 1 is 0.821 bits per heavy atom. The molecule has 0 aliphatic heterocycles.